The van der Waals surface area contributed by atoms with Crippen LogP contribution in [0.1, 0.15) is 22.5 Å². The molecule has 0 radical (unpaired) electrons. The normalized spacial score (nSPS) is 18.4. The number of carbonyl (C=O) groups is 1. The number of benzene rings is 1. The zero-order valence-electron chi connectivity index (χ0n) is 11.3. The van der Waals surface area contributed by atoms with E-state index in [1.807, 2.05) is 53.2 Å². The molecule has 0 unspecified atom stereocenters. The van der Waals surface area contributed by atoms with Crippen LogP contribution in [-0.2, 0) is 6.54 Å². The van der Waals surface area contributed by atoms with Gasteiger partial charge in [0, 0.05) is 25.8 Å². The fraction of sp³-hybridized carbons (Fsp3) is 0.312. The van der Waals surface area contributed by atoms with E-state index >= 15 is 0 Å². The van der Waals surface area contributed by atoms with Gasteiger partial charge in [0.15, 0.2) is 0 Å². The van der Waals surface area contributed by atoms with Crippen molar-refractivity contribution in [2.75, 3.05) is 13.1 Å². The first-order valence-corrected chi connectivity index (χ1v) is 6.90. The molecule has 4 heteroatoms. The molecule has 1 aromatic carbocycles. The number of β-amino-alcohol motifs (C(OH)–C–C–N with tert-alkyl or cyclic N) is 1. The molecule has 4 nitrogen and oxygen atoms in total. The fourth-order valence-electron chi connectivity index (χ4n) is 2.61. The highest BCUT2D eigenvalue weighted by molar-refractivity contribution is 5.93. The Balaban J connectivity index is 1.78. The summed E-state index contributed by atoms with van der Waals surface area (Å²) in [4.78, 5) is 14.2. The van der Waals surface area contributed by atoms with Crippen LogP contribution >= 0.6 is 0 Å². The van der Waals surface area contributed by atoms with Gasteiger partial charge in [0.2, 0.25) is 0 Å². The van der Waals surface area contributed by atoms with Gasteiger partial charge in [0.1, 0.15) is 5.69 Å². The van der Waals surface area contributed by atoms with Gasteiger partial charge in [0.25, 0.3) is 5.91 Å². The highest BCUT2D eigenvalue weighted by Crippen LogP contribution is 2.15. The number of aliphatic hydroxyl groups excluding tert-OH is 1. The number of likely N-dealkylation sites (tertiary alicyclic amines) is 1. The molecule has 0 aliphatic carbocycles. The topological polar surface area (TPSA) is 45.5 Å². The second-order valence-electron chi connectivity index (χ2n) is 5.20. The number of nitrogens with zero attached hydrogens (tertiary/aromatic N) is 2. The predicted octanol–water partition coefficient (Wildman–Crippen LogP) is 1.74. The zero-order valence-corrected chi connectivity index (χ0v) is 11.3. The molecule has 1 N–H and O–H groups in total. The molecule has 1 aliphatic heterocycles. The van der Waals surface area contributed by atoms with E-state index in [0.717, 1.165) is 0 Å². The van der Waals surface area contributed by atoms with Crippen LogP contribution in [0.25, 0.3) is 0 Å². The van der Waals surface area contributed by atoms with Crippen LogP contribution in [-0.4, -0.2) is 39.7 Å². The maximum atomic E-state index is 12.5. The molecule has 1 saturated heterocycles. The van der Waals surface area contributed by atoms with Crippen LogP contribution in [0.15, 0.2) is 48.7 Å². The first kappa shape index (κ1) is 12.9. The average molecular weight is 270 g/mol. The Kier molecular flexibility index (Phi) is 3.56. The molecule has 20 heavy (non-hydrogen) atoms. The highest BCUT2D eigenvalue weighted by Gasteiger charge is 2.26. The van der Waals surface area contributed by atoms with E-state index in [2.05, 4.69) is 0 Å². The van der Waals surface area contributed by atoms with Gasteiger partial charge in [-0.05, 0) is 24.1 Å². The van der Waals surface area contributed by atoms with Gasteiger partial charge in [-0.1, -0.05) is 30.3 Å². The van der Waals surface area contributed by atoms with E-state index in [4.69, 9.17) is 0 Å². The van der Waals surface area contributed by atoms with E-state index in [-0.39, 0.29) is 12.0 Å². The molecule has 0 bridgehead atoms. The summed E-state index contributed by atoms with van der Waals surface area (Å²) in [6.07, 6.45) is 2.22. The van der Waals surface area contributed by atoms with E-state index in [0.29, 0.717) is 31.7 Å². The summed E-state index contributed by atoms with van der Waals surface area (Å²) in [6, 6.07) is 13.8. The molecular weight excluding hydrogens is 252 g/mol. The Bertz CT molecular complexity index is 592. The second kappa shape index (κ2) is 5.51. The second-order valence-corrected chi connectivity index (χ2v) is 5.20. The molecule has 1 aromatic heterocycles. The summed E-state index contributed by atoms with van der Waals surface area (Å²) in [5, 5.41) is 9.55. The third kappa shape index (κ3) is 2.60. The predicted molar refractivity (Wildman–Crippen MR) is 76.5 cm³/mol. The summed E-state index contributed by atoms with van der Waals surface area (Å²) >= 11 is 0. The molecular formula is C16H18N2O2. The van der Waals surface area contributed by atoms with Crippen molar-refractivity contribution in [3.8, 4) is 0 Å². The number of amides is 1. The summed E-state index contributed by atoms with van der Waals surface area (Å²) in [7, 11) is 0. The van der Waals surface area contributed by atoms with Crippen molar-refractivity contribution in [2.45, 2.75) is 19.1 Å². The minimum Gasteiger partial charge on any atom is -0.391 e. The summed E-state index contributed by atoms with van der Waals surface area (Å²) in [5.74, 6) is 0.00230. The van der Waals surface area contributed by atoms with Crippen molar-refractivity contribution >= 4 is 5.91 Å². The standard InChI is InChI=1S/C16H18N2O2/c19-14-8-10-18(12-14)16(20)15-7-4-9-17(15)11-13-5-2-1-3-6-13/h1-7,9,14,19H,8,10-12H2/t14-/m0/s1. The zero-order chi connectivity index (χ0) is 13.9. The van der Waals surface area contributed by atoms with Crippen molar-refractivity contribution in [1.82, 2.24) is 9.47 Å². The van der Waals surface area contributed by atoms with Gasteiger partial charge in [0.05, 0.1) is 6.10 Å². The Morgan fingerprint density at radius 3 is 2.70 bits per heavy atom. The minimum absolute atomic E-state index is 0.00230. The number of aromatic nitrogens is 1. The van der Waals surface area contributed by atoms with Crippen molar-refractivity contribution < 1.29 is 9.90 Å². The van der Waals surface area contributed by atoms with Gasteiger partial charge in [-0.2, -0.15) is 0 Å². The molecule has 2 aromatic rings. The Morgan fingerprint density at radius 1 is 1.20 bits per heavy atom. The van der Waals surface area contributed by atoms with Gasteiger partial charge >= 0.3 is 0 Å². The maximum absolute atomic E-state index is 12.5. The Hall–Kier alpha value is -2.07. The van der Waals surface area contributed by atoms with Crippen LogP contribution in [0.2, 0.25) is 0 Å². The van der Waals surface area contributed by atoms with E-state index in [1.54, 1.807) is 4.90 Å². The molecule has 2 heterocycles. The van der Waals surface area contributed by atoms with Crippen molar-refractivity contribution in [3.63, 3.8) is 0 Å². The Labute approximate surface area is 118 Å². The fourth-order valence-corrected chi connectivity index (χ4v) is 2.61. The minimum atomic E-state index is -0.378. The van der Waals surface area contributed by atoms with Gasteiger partial charge < -0.3 is 14.6 Å². The van der Waals surface area contributed by atoms with Gasteiger partial charge in [-0.3, -0.25) is 4.79 Å². The molecule has 3 rings (SSSR count). The lowest BCUT2D eigenvalue weighted by Gasteiger charge is -2.17. The average Bonchev–Trinajstić information content (AvgIpc) is 3.08. The van der Waals surface area contributed by atoms with Gasteiger partial charge in [-0.25, -0.2) is 0 Å². The number of aliphatic hydroxyl groups is 1. The lowest BCUT2D eigenvalue weighted by molar-refractivity contribution is 0.0755. The maximum Gasteiger partial charge on any atom is 0.270 e. The summed E-state index contributed by atoms with van der Waals surface area (Å²) < 4.78 is 1.96. The van der Waals surface area contributed by atoms with Crippen LogP contribution in [0.4, 0.5) is 0 Å². The number of carbonyl (C=O) groups excluding carboxylic acids is 1. The van der Waals surface area contributed by atoms with Crippen molar-refractivity contribution in [3.05, 3.63) is 59.9 Å². The van der Waals surface area contributed by atoms with Crippen molar-refractivity contribution in [1.29, 1.82) is 0 Å². The van der Waals surface area contributed by atoms with Crippen LogP contribution in [0.5, 0.6) is 0 Å². The molecule has 1 amide bonds. The largest absolute Gasteiger partial charge is 0.391 e. The SMILES string of the molecule is O=C(c1cccn1Cc1ccccc1)N1CC[C@H](O)C1. The molecule has 0 spiro atoms. The van der Waals surface area contributed by atoms with Crippen LogP contribution in [0.3, 0.4) is 0 Å². The van der Waals surface area contributed by atoms with E-state index < -0.39 is 0 Å². The molecule has 104 valence electrons. The summed E-state index contributed by atoms with van der Waals surface area (Å²) in [5.41, 5.74) is 1.85. The number of hydrogen-bond acceptors (Lipinski definition) is 2. The van der Waals surface area contributed by atoms with Crippen LogP contribution in [0, 0.1) is 0 Å². The third-order valence-corrected chi connectivity index (χ3v) is 3.69. The first-order valence-electron chi connectivity index (χ1n) is 6.90. The number of hydrogen-bond donors (Lipinski definition) is 1. The summed E-state index contributed by atoms with van der Waals surface area (Å²) in [6.45, 7) is 1.76. The molecule has 1 fully saturated rings. The van der Waals surface area contributed by atoms with Crippen molar-refractivity contribution in [2.24, 2.45) is 0 Å². The van der Waals surface area contributed by atoms with Gasteiger partial charge in [-0.15, -0.1) is 0 Å². The molecule has 1 atom stereocenters. The number of rotatable bonds is 3. The molecule has 0 saturated carbocycles. The van der Waals surface area contributed by atoms with E-state index in [9.17, 15) is 9.90 Å². The molecule has 1 aliphatic rings. The highest BCUT2D eigenvalue weighted by atomic mass is 16.3. The van der Waals surface area contributed by atoms with E-state index in [1.165, 1.54) is 5.56 Å². The quantitative estimate of drug-likeness (QED) is 0.923. The smallest absolute Gasteiger partial charge is 0.270 e. The lowest BCUT2D eigenvalue weighted by Crippen LogP contribution is -2.31. The first-order chi connectivity index (χ1) is 9.74. The lowest BCUT2D eigenvalue weighted by atomic mass is 10.2. The Morgan fingerprint density at radius 2 is 2.00 bits per heavy atom. The monoisotopic (exact) mass is 270 g/mol. The van der Waals surface area contributed by atoms with Crippen LogP contribution < -0.4 is 0 Å². The third-order valence-electron chi connectivity index (χ3n) is 3.69.